The molecule has 2 heteroatoms. The molecule has 1 aliphatic rings. The number of nitrogens with two attached hydrogens (primary N) is 1. The molecule has 0 saturated carbocycles. The van der Waals surface area contributed by atoms with Gasteiger partial charge in [0.05, 0.1) is 12.3 Å². The Morgan fingerprint density at radius 3 is 2.55 bits per heavy atom. The molecule has 4 rings (SSSR count). The molecular formula is C18H17NO. The van der Waals surface area contributed by atoms with Crippen LogP contribution in [-0.4, -0.2) is 0 Å². The summed E-state index contributed by atoms with van der Waals surface area (Å²) in [6, 6.07) is 12.8. The molecule has 3 aromatic rings. The Labute approximate surface area is 118 Å². The zero-order valence-corrected chi connectivity index (χ0v) is 11.5. The second-order valence-corrected chi connectivity index (χ2v) is 5.56. The number of aryl methyl sites for hydroxylation is 3. The highest BCUT2D eigenvalue weighted by Gasteiger charge is 2.20. The number of rotatable bonds is 2. The predicted octanol–water partition coefficient (Wildman–Crippen LogP) is 3.89. The van der Waals surface area contributed by atoms with Gasteiger partial charge in [-0.25, -0.2) is 0 Å². The average Bonchev–Trinajstić information content (AvgIpc) is 3.07. The van der Waals surface area contributed by atoms with Crippen molar-refractivity contribution in [2.75, 3.05) is 0 Å². The molecule has 1 aromatic heterocycles. The molecule has 0 aliphatic heterocycles. The molecule has 1 unspecified atom stereocenters. The molecule has 100 valence electrons. The first-order valence-electron chi connectivity index (χ1n) is 7.08. The van der Waals surface area contributed by atoms with Crippen LogP contribution in [0.15, 0.2) is 47.1 Å². The van der Waals surface area contributed by atoms with Crippen LogP contribution in [0, 0.1) is 6.92 Å². The second kappa shape index (κ2) is 4.22. The summed E-state index contributed by atoms with van der Waals surface area (Å²) in [7, 11) is 0. The van der Waals surface area contributed by atoms with E-state index >= 15 is 0 Å². The maximum absolute atomic E-state index is 6.49. The van der Waals surface area contributed by atoms with Crippen molar-refractivity contribution in [2.24, 2.45) is 5.73 Å². The molecule has 1 atom stereocenters. The summed E-state index contributed by atoms with van der Waals surface area (Å²) in [4.78, 5) is 0. The molecule has 0 saturated heterocycles. The van der Waals surface area contributed by atoms with Crippen LogP contribution in [0.3, 0.4) is 0 Å². The molecule has 2 nitrogen and oxygen atoms in total. The van der Waals surface area contributed by atoms with Crippen molar-refractivity contribution >= 4 is 10.8 Å². The van der Waals surface area contributed by atoms with Crippen LogP contribution in [-0.2, 0) is 12.8 Å². The first-order chi connectivity index (χ1) is 9.75. The van der Waals surface area contributed by atoms with Gasteiger partial charge in [-0.1, -0.05) is 30.3 Å². The lowest BCUT2D eigenvalue weighted by atomic mass is 9.92. The van der Waals surface area contributed by atoms with E-state index in [1.165, 1.54) is 27.5 Å². The molecule has 20 heavy (non-hydrogen) atoms. The standard InChI is InChI=1S/C18H17NO/c1-11-14(9-10-20-11)18(19)16-8-7-13-6-5-12-3-2-4-15(16)17(12)13/h2-4,7-10,18H,5-6,19H2,1H3. The summed E-state index contributed by atoms with van der Waals surface area (Å²) in [6.07, 6.45) is 4.01. The van der Waals surface area contributed by atoms with Gasteiger partial charge < -0.3 is 10.2 Å². The summed E-state index contributed by atoms with van der Waals surface area (Å²) < 4.78 is 5.40. The van der Waals surface area contributed by atoms with Crippen LogP contribution in [0.2, 0.25) is 0 Å². The van der Waals surface area contributed by atoms with Crippen molar-refractivity contribution in [3.63, 3.8) is 0 Å². The van der Waals surface area contributed by atoms with Crippen molar-refractivity contribution in [1.29, 1.82) is 0 Å². The molecule has 0 radical (unpaired) electrons. The molecule has 0 fully saturated rings. The van der Waals surface area contributed by atoms with Crippen LogP contribution in [0.1, 0.15) is 34.1 Å². The van der Waals surface area contributed by atoms with Crippen molar-refractivity contribution in [3.05, 3.63) is 70.7 Å². The minimum atomic E-state index is -0.126. The molecule has 0 bridgehead atoms. The molecule has 0 spiro atoms. The van der Waals surface area contributed by atoms with E-state index in [1.54, 1.807) is 6.26 Å². The first kappa shape index (κ1) is 11.7. The largest absolute Gasteiger partial charge is 0.469 e. The van der Waals surface area contributed by atoms with Crippen LogP contribution in [0.5, 0.6) is 0 Å². The zero-order valence-electron chi connectivity index (χ0n) is 11.5. The van der Waals surface area contributed by atoms with Gasteiger partial charge in [0.15, 0.2) is 0 Å². The smallest absolute Gasteiger partial charge is 0.105 e. The third kappa shape index (κ3) is 1.55. The van der Waals surface area contributed by atoms with E-state index in [-0.39, 0.29) is 6.04 Å². The number of hydrogen-bond donors (Lipinski definition) is 1. The number of hydrogen-bond acceptors (Lipinski definition) is 2. The van der Waals surface area contributed by atoms with Gasteiger partial charge in [-0.2, -0.15) is 0 Å². The summed E-state index contributed by atoms with van der Waals surface area (Å²) in [5, 5.41) is 2.71. The topological polar surface area (TPSA) is 39.2 Å². The van der Waals surface area contributed by atoms with Gasteiger partial charge in [-0.15, -0.1) is 0 Å². The van der Waals surface area contributed by atoms with E-state index in [1.807, 2.05) is 13.0 Å². The van der Waals surface area contributed by atoms with Crippen molar-refractivity contribution in [3.8, 4) is 0 Å². The quantitative estimate of drug-likeness (QED) is 0.762. The molecular weight excluding hydrogens is 246 g/mol. The van der Waals surface area contributed by atoms with Gasteiger partial charge in [0.1, 0.15) is 5.76 Å². The highest BCUT2D eigenvalue weighted by atomic mass is 16.3. The zero-order chi connectivity index (χ0) is 13.7. The molecule has 1 aliphatic carbocycles. The van der Waals surface area contributed by atoms with Crippen LogP contribution in [0.25, 0.3) is 10.8 Å². The maximum Gasteiger partial charge on any atom is 0.105 e. The molecule has 2 aromatic carbocycles. The Kier molecular flexibility index (Phi) is 2.48. The Balaban J connectivity index is 1.96. The minimum Gasteiger partial charge on any atom is -0.469 e. The minimum absolute atomic E-state index is 0.126. The summed E-state index contributed by atoms with van der Waals surface area (Å²) in [5.74, 6) is 0.903. The van der Waals surface area contributed by atoms with Gasteiger partial charge >= 0.3 is 0 Å². The van der Waals surface area contributed by atoms with E-state index in [0.717, 1.165) is 24.2 Å². The average molecular weight is 263 g/mol. The highest BCUT2D eigenvalue weighted by molar-refractivity contribution is 5.93. The van der Waals surface area contributed by atoms with Crippen molar-refractivity contribution in [2.45, 2.75) is 25.8 Å². The monoisotopic (exact) mass is 263 g/mol. The van der Waals surface area contributed by atoms with E-state index < -0.39 is 0 Å². The van der Waals surface area contributed by atoms with E-state index in [2.05, 4.69) is 30.3 Å². The van der Waals surface area contributed by atoms with Crippen LogP contribution in [0.4, 0.5) is 0 Å². The Bertz CT molecular complexity index is 790. The summed E-state index contributed by atoms with van der Waals surface area (Å²) in [5.41, 5.74) is 11.7. The third-order valence-corrected chi connectivity index (χ3v) is 4.48. The highest BCUT2D eigenvalue weighted by Crippen LogP contribution is 2.36. The number of furan rings is 1. The molecule has 2 N–H and O–H groups in total. The van der Waals surface area contributed by atoms with Gasteiger partial charge in [0, 0.05) is 5.56 Å². The predicted molar refractivity (Wildman–Crippen MR) is 80.8 cm³/mol. The second-order valence-electron chi connectivity index (χ2n) is 5.56. The lowest BCUT2D eigenvalue weighted by Crippen LogP contribution is -2.12. The Morgan fingerprint density at radius 2 is 1.80 bits per heavy atom. The van der Waals surface area contributed by atoms with Gasteiger partial charge in [0.25, 0.3) is 0 Å². The van der Waals surface area contributed by atoms with Crippen molar-refractivity contribution < 1.29 is 4.42 Å². The Hall–Kier alpha value is -2.06. The molecule has 1 heterocycles. The van der Waals surface area contributed by atoms with Crippen LogP contribution >= 0.6 is 0 Å². The van der Waals surface area contributed by atoms with E-state index in [9.17, 15) is 0 Å². The lowest BCUT2D eigenvalue weighted by Gasteiger charge is -2.15. The molecule has 0 amide bonds. The van der Waals surface area contributed by atoms with Crippen molar-refractivity contribution in [1.82, 2.24) is 0 Å². The van der Waals surface area contributed by atoms with E-state index in [0.29, 0.717) is 0 Å². The first-order valence-corrected chi connectivity index (χ1v) is 7.08. The fraction of sp³-hybridized carbons (Fsp3) is 0.222. The Morgan fingerprint density at radius 1 is 1.00 bits per heavy atom. The van der Waals surface area contributed by atoms with Gasteiger partial charge in [0.2, 0.25) is 0 Å². The fourth-order valence-electron chi connectivity index (χ4n) is 3.43. The summed E-state index contributed by atoms with van der Waals surface area (Å²) in [6.45, 7) is 1.97. The summed E-state index contributed by atoms with van der Waals surface area (Å²) >= 11 is 0. The normalized spacial score (nSPS) is 14.9. The van der Waals surface area contributed by atoms with Gasteiger partial charge in [-0.3, -0.25) is 0 Å². The SMILES string of the molecule is Cc1occc1C(N)c1ccc2c3c(cccc13)CC2. The maximum atomic E-state index is 6.49. The fourth-order valence-corrected chi connectivity index (χ4v) is 3.43. The number of benzene rings is 2. The lowest BCUT2D eigenvalue weighted by molar-refractivity contribution is 0.527. The van der Waals surface area contributed by atoms with Crippen LogP contribution < -0.4 is 5.73 Å². The van der Waals surface area contributed by atoms with Gasteiger partial charge in [-0.05, 0) is 53.3 Å². The van der Waals surface area contributed by atoms with E-state index in [4.69, 9.17) is 10.2 Å². The third-order valence-electron chi connectivity index (χ3n) is 4.48.